The summed E-state index contributed by atoms with van der Waals surface area (Å²) < 4.78 is 0. The molecule has 1 unspecified atom stereocenters. The molecule has 3 heteroatoms. The topological polar surface area (TPSA) is 39.1 Å². The molecule has 2 aromatic rings. The molecule has 0 bridgehead atoms. The molecule has 0 radical (unpaired) electrons. The molecule has 0 amide bonds. The van der Waals surface area contributed by atoms with Crippen molar-refractivity contribution in [3.63, 3.8) is 0 Å². The molecule has 0 heterocycles. The van der Waals surface area contributed by atoms with Gasteiger partial charge in [-0.1, -0.05) is 31.2 Å². The van der Waals surface area contributed by atoms with Gasteiger partial charge in [-0.25, -0.2) is 0 Å². The Hall–Kier alpha value is -2.31. The minimum atomic E-state index is 0.285. The van der Waals surface area contributed by atoms with Gasteiger partial charge in [-0.2, -0.15) is 5.26 Å². The Morgan fingerprint density at radius 2 is 1.95 bits per heavy atom. The highest BCUT2D eigenvalue weighted by molar-refractivity contribution is 5.67. The van der Waals surface area contributed by atoms with Crippen molar-refractivity contribution in [3.8, 4) is 6.07 Å². The summed E-state index contributed by atoms with van der Waals surface area (Å²) in [6.45, 7) is 5.21. The van der Waals surface area contributed by atoms with E-state index in [4.69, 9.17) is 5.26 Å². The number of nitrogens with one attached hydrogen (secondary N) is 1. The number of rotatable bonds is 5. The predicted octanol–water partition coefficient (Wildman–Crippen LogP) is 4.00. The van der Waals surface area contributed by atoms with E-state index in [-0.39, 0.29) is 6.04 Å². The van der Waals surface area contributed by atoms with Crippen LogP contribution in [0.4, 0.5) is 11.4 Å². The van der Waals surface area contributed by atoms with E-state index in [1.54, 1.807) is 0 Å². The molecule has 2 aromatic carbocycles. The number of nitriles is 1. The highest BCUT2D eigenvalue weighted by atomic mass is 15.1. The van der Waals surface area contributed by atoms with Crippen molar-refractivity contribution in [2.75, 3.05) is 18.5 Å². The third kappa shape index (κ3) is 3.42. The van der Waals surface area contributed by atoms with Gasteiger partial charge in [0.25, 0.3) is 0 Å². The van der Waals surface area contributed by atoms with Gasteiger partial charge >= 0.3 is 0 Å². The minimum absolute atomic E-state index is 0.285. The highest BCUT2D eigenvalue weighted by Gasteiger charge is 2.13. The van der Waals surface area contributed by atoms with Gasteiger partial charge in [0, 0.05) is 24.5 Å². The fourth-order valence-corrected chi connectivity index (χ4v) is 2.50. The third-order valence-corrected chi connectivity index (χ3v) is 3.64. The largest absolute Gasteiger partial charge is 0.344 e. The van der Waals surface area contributed by atoms with E-state index in [1.165, 1.54) is 5.56 Å². The first-order valence-corrected chi connectivity index (χ1v) is 7.23. The monoisotopic (exact) mass is 279 g/mol. The highest BCUT2D eigenvalue weighted by Crippen LogP contribution is 2.30. The van der Waals surface area contributed by atoms with Gasteiger partial charge in [-0.3, -0.25) is 0 Å². The molecule has 0 saturated carbocycles. The SMILES string of the molecule is CCNC(C)c1ccccc1N(C)c1cccc(C#N)c1. The van der Waals surface area contributed by atoms with Crippen LogP contribution in [-0.4, -0.2) is 13.6 Å². The van der Waals surface area contributed by atoms with E-state index in [9.17, 15) is 0 Å². The van der Waals surface area contributed by atoms with E-state index < -0.39 is 0 Å². The Morgan fingerprint density at radius 3 is 2.67 bits per heavy atom. The zero-order chi connectivity index (χ0) is 15.2. The Bertz CT molecular complexity index is 643. The predicted molar refractivity (Wildman–Crippen MR) is 87.8 cm³/mol. The van der Waals surface area contributed by atoms with Crippen LogP contribution in [0.3, 0.4) is 0 Å². The third-order valence-electron chi connectivity index (χ3n) is 3.64. The summed E-state index contributed by atoms with van der Waals surface area (Å²) in [5, 5.41) is 12.5. The van der Waals surface area contributed by atoms with Gasteiger partial charge in [-0.05, 0) is 43.3 Å². The van der Waals surface area contributed by atoms with Gasteiger partial charge in [0.05, 0.1) is 11.6 Å². The molecule has 0 aliphatic rings. The average Bonchev–Trinajstić information content (AvgIpc) is 2.54. The first kappa shape index (κ1) is 15.1. The molecule has 3 nitrogen and oxygen atoms in total. The lowest BCUT2D eigenvalue weighted by molar-refractivity contribution is 0.598. The second-order valence-corrected chi connectivity index (χ2v) is 5.06. The quantitative estimate of drug-likeness (QED) is 0.899. The van der Waals surface area contributed by atoms with Crippen molar-refractivity contribution in [2.24, 2.45) is 0 Å². The van der Waals surface area contributed by atoms with Crippen LogP contribution >= 0.6 is 0 Å². The van der Waals surface area contributed by atoms with Gasteiger partial charge < -0.3 is 10.2 Å². The molecule has 108 valence electrons. The molecule has 1 N–H and O–H groups in total. The molecule has 0 fully saturated rings. The molecule has 0 aliphatic carbocycles. The van der Waals surface area contributed by atoms with Gasteiger partial charge in [-0.15, -0.1) is 0 Å². The van der Waals surface area contributed by atoms with Crippen molar-refractivity contribution in [1.82, 2.24) is 5.32 Å². The van der Waals surface area contributed by atoms with Gasteiger partial charge in [0.15, 0.2) is 0 Å². The normalized spacial score (nSPS) is 11.7. The van der Waals surface area contributed by atoms with Crippen LogP contribution < -0.4 is 10.2 Å². The van der Waals surface area contributed by atoms with Crippen LogP contribution in [0.5, 0.6) is 0 Å². The van der Waals surface area contributed by atoms with Crippen molar-refractivity contribution < 1.29 is 0 Å². The second-order valence-electron chi connectivity index (χ2n) is 5.06. The van der Waals surface area contributed by atoms with Crippen molar-refractivity contribution in [1.29, 1.82) is 5.26 Å². The lowest BCUT2D eigenvalue weighted by Crippen LogP contribution is -2.21. The molecule has 0 aromatic heterocycles. The zero-order valence-electron chi connectivity index (χ0n) is 12.8. The lowest BCUT2D eigenvalue weighted by atomic mass is 10.0. The van der Waals surface area contributed by atoms with E-state index in [0.717, 1.165) is 17.9 Å². The van der Waals surface area contributed by atoms with Crippen molar-refractivity contribution in [3.05, 3.63) is 59.7 Å². The van der Waals surface area contributed by atoms with E-state index >= 15 is 0 Å². The van der Waals surface area contributed by atoms with Crippen LogP contribution in [-0.2, 0) is 0 Å². The fourth-order valence-electron chi connectivity index (χ4n) is 2.50. The summed E-state index contributed by atoms with van der Waals surface area (Å²) >= 11 is 0. The summed E-state index contributed by atoms with van der Waals surface area (Å²) in [7, 11) is 2.04. The van der Waals surface area contributed by atoms with Crippen molar-refractivity contribution in [2.45, 2.75) is 19.9 Å². The number of benzene rings is 2. The van der Waals surface area contributed by atoms with Gasteiger partial charge in [0.2, 0.25) is 0 Å². The van der Waals surface area contributed by atoms with Crippen LogP contribution in [0.2, 0.25) is 0 Å². The lowest BCUT2D eigenvalue weighted by Gasteiger charge is -2.25. The maximum absolute atomic E-state index is 9.05. The molecule has 0 aliphatic heterocycles. The molecule has 1 atom stereocenters. The first-order chi connectivity index (χ1) is 10.2. The molecule has 0 saturated heterocycles. The average molecular weight is 279 g/mol. The van der Waals surface area contributed by atoms with Crippen LogP contribution in [0.1, 0.15) is 31.0 Å². The second kappa shape index (κ2) is 6.92. The molecule has 0 spiro atoms. The standard InChI is InChI=1S/C18H21N3/c1-4-20-14(2)17-10-5-6-11-18(17)21(3)16-9-7-8-15(12-16)13-19/h5-12,14,20H,4H2,1-3H3. The zero-order valence-corrected chi connectivity index (χ0v) is 12.8. The maximum Gasteiger partial charge on any atom is 0.0992 e. The minimum Gasteiger partial charge on any atom is -0.344 e. The Balaban J connectivity index is 2.39. The van der Waals surface area contributed by atoms with E-state index in [1.807, 2.05) is 37.4 Å². The fraction of sp³-hybridized carbons (Fsp3) is 0.278. The molecular weight excluding hydrogens is 258 g/mol. The molecular formula is C18H21N3. The van der Waals surface area contributed by atoms with Crippen molar-refractivity contribution >= 4 is 11.4 Å². The Kier molecular flexibility index (Phi) is 4.97. The number of hydrogen-bond acceptors (Lipinski definition) is 3. The first-order valence-electron chi connectivity index (χ1n) is 7.23. The summed E-state index contributed by atoms with van der Waals surface area (Å²) in [6.07, 6.45) is 0. The summed E-state index contributed by atoms with van der Waals surface area (Å²) in [6, 6.07) is 18.5. The number of anilines is 2. The van der Waals surface area contributed by atoms with Crippen LogP contribution in [0.25, 0.3) is 0 Å². The van der Waals surface area contributed by atoms with Gasteiger partial charge in [0.1, 0.15) is 0 Å². The summed E-state index contributed by atoms with van der Waals surface area (Å²) in [4.78, 5) is 2.13. The maximum atomic E-state index is 9.05. The van der Waals surface area contributed by atoms with E-state index in [2.05, 4.69) is 48.3 Å². The Morgan fingerprint density at radius 1 is 1.19 bits per heavy atom. The summed E-state index contributed by atoms with van der Waals surface area (Å²) in [5.41, 5.74) is 4.10. The molecule has 2 rings (SSSR count). The number of para-hydroxylation sites is 1. The number of nitrogens with zero attached hydrogens (tertiary/aromatic N) is 2. The van der Waals surface area contributed by atoms with E-state index in [0.29, 0.717) is 5.56 Å². The summed E-state index contributed by atoms with van der Waals surface area (Å²) in [5.74, 6) is 0. The van der Waals surface area contributed by atoms with Crippen LogP contribution in [0, 0.1) is 11.3 Å². The van der Waals surface area contributed by atoms with Crippen LogP contribution in [0.15, 0.2) is 48.5 Å². The number of hydrogen-bond donors (Lipinski definition) is 1. The molecule has 21 heavy (non-hydrogen) atoms. The Labute approximate surface area is 126 Å². The smallest absolute Gasteiger partial charge is 0.0992 e.